The van der Waals surface area contributed by atoms with Crippen LogP contribution in [0, 0.1) is 0 Å². The Kier molecular flexibility index (Phi) is 4.09. The third kappa shape index (κ3) is 2.94. The van der Waals surface area contributed by atoms with E-state index in [4.69, 9.17) is 27.9 Å². The lowest BCUT2D eigenvalue weighted by Crippen LogP contribution is -1.94. The van der Waals surface area contributed by atoms with E-state index in [0.29, 0.717) is 15.8 Å². The third-order valence-electron chi connectivity index (χ3n) is 2.58. The number of hydrogen-bond donors (Lipinski definition) is 0. The molecule has 18 heavy (non-hydrogen) atoms. The lowest BCUT2D eigenvalue weighted by atomic mass is 10.1. The van der Waals surface area contributed by atoms with Crippen LogP contribution in [0.3, 0.4) is 0 Å². The van der Waals surface area contributed by atoms with Crippen molar-refractivity contribution in [2.24, 2.45) is 7.05 Å². The maximum Gasteiger partial charge on any atom is 0.156 e. The van der Waals surface area contributed by atoms with E-state index < -0.39 is 0 Å². The number of benzene rings is 1. The zero-order chi connectivity index (χ0) is 13.1. The van der Waals surface area contributed by atoms with Crippen LogP contribution in [-0.2, 0) is 19.9 Å². The molecule has 2 rings (SSSR count). The summed E-state index contributed by atoms with van der Waals surface area (Å²) in [7, 11) is 3.39. The Labute approximate surface area is 115 Å². The van der Waals surface area contributed by atoms with Gasteiger partial charge >= 0.3 is 0 Å². The normalized spacial score (nSPS) is 10.7. The fourth-order valence-electron chi connectivity index (χ4n) is 1.73. The zero-order valence-corrected chi connectivity index (χ0v) is 11.7. The number of aromatic nitrogens is 3. The van der Waals surface area contributed by atoms with E-state index in [1.807, 2.05) is 25.4 Å². The summed E-state index contributed by atoms with van der Waals surface area (Å²) in [5.41, 5.74) is 2.00. The molecule has 0 aliphatic heterocycles. The van der Waals surface area contributed by atoms with Crippen LogP contribution in [0.4, 0.5) is 0 Å². The number of methoxy groups -OCH3 is 1. The molecule has 4 nitrogen and oxygen atoms in total. The largest absolute Gasteiger partial charge is 0.494 e. The fourth-order valence-corrected chi connectivity index (χ4v) is 2.42. The Balaban J connectivity index is 2.10. The molecule has 2 aromatic rings. The van der Waals surface area contributed by atoms with Crippen LogP contribution in [0.25, 0.3) is 0 Å². The Bertz CT molecular complexity index is 531. The first-order valence-corrected chi connectivity index (χ1v) is 6.23. The summed E-state index contributed by atoms with van der Waals surface area (Å²) >= 11 is 12.2. The maximum absolute atomic E-state index is 6.08. The molecule has 0 N–H and O–H groups in total. The van der Waals surface area contributed by atoms with Gasteiger partial charge in [0.15, 0.2) is 5.75 Å². The SMILES string of the molecule is COc1c(Cl)cc(CCc2cn(C)nn2)cc1Cl. The minimum atomic E-state index is 0.515. The van der Waals surface area contributed by atoms with Gasteiger partial charge in [0.1, 0.15) is 0 Å². The highest BCUT2D eigenvalue weighted by Gasteiger charge is 2.09. The maximum atomic E-state index is 6.08. The van der Waals surface area contributed by atoms with Crippen molar-refractivity contribution in [1.29, 1.82) is 0 Å². The Morgan fingerprint density at radius 1 is 1.22 bits per heavy atom. The summed E-state index contributed by atoms with van der Waals surface area (Å²) in [5.74, 6) is 0.515. The molecule has 0 fully saturated rings. The van der Waals surface area contributed by atoms with E-state index in [-0.39, 0.29) is 0 Å². The molecule has 1 aromatic heterocycles. The quantitative estimate of drug-likeness (QED) is 0.867. The van der Waals surface area contributed by atoms with Gasteiger partial charge in [-0.1, -0.05) is 28.4 Å². The summed E-state index contributed by atoms with van der Waals surface area (Å²) in [6.07, 6.45) is 3.50. The lowest BCUT2D eigenvalue weighted by Gasteiger charge is -2.08. The minimum Gasteiger partial charge on any atom is -0.494 e. The van der Waals surface area contributed by atoms with Crippen LogP contribution in [0.15, 0.2) is 18.3 Å². The molecule has 0 aliphatic rings. The third-order valence-corrected chi connectivity index (χ3v) is 3.14. The fraction of sp³-hybridized carbons (Fsp3) is 0.333. The molecule has 1 heterocycles. The van der Waals surface area contributed by atoms with Crippen LogP contribution in [0.1, 0.15) is 11.3 Å². The minimum absolute atomic E-state index is 0.515. The van der Waals surface area contributed by atoms with Crippen molar-refractivity contribution < 1.29 is 4.74 Å². The molecule has 0 bridgehead atoms. The first kappa shape index (κ1) is 13.2. The van der Waals surface area contributed by atoms with Crippen molar-refractivity contribution in [3.8, 4) is 5.75 Å². The number of ether oxygens (including phenoxy) is 1. The number of hydrogen-bond acceptors (Lipinski definition) is 3. The van der Waals surface area contributed by atoms with E-state index >= 15 is 0 Å². The summed E-state index contributed by atoms with van der Waals surface area (Å²) in [6, 6.07) is 3.73. The standard InChI is InChI=1S/C12H13Cl2N3O/c1-17-7-9(15-16-17)4-3-8-5-10(13)12(18-2)11(14)6-8/h5-7H,3-4H2,1-2H3. The monoisotopic (exact) mass is 285 g/mol. The van der Waals surface area contributed by atoms with Gasteiger partial charge in [-0.25, -0.2) is 0 Å². The van der Waals surface area contributed by atoms with Gasteiger partial charge in [-0.15, -0.1) is 5.10 Å². The van der Waals surface area contributed by atoms with Gasteiger partial charge in [-0.05, 0) is 30.5 Å². The Hall–Kier alpha value is -1.26. The van der Waals surface area contributed by atoms with E-state index in [2.05, 4.69) is 10.3 Å². The van der Waals surface area contributed by atoms with Crippen LogP contribution in [-0.4, -0.2) is 22.1 Å². The molecule has 0 saturated carbocycles. The van der Waals surface area contributed by atoms with Gasteiger partial charge in [0.2, 0.25) is 0 Å². The predicted molar refractivity (Wildman–Crippen MR) is 71.4 cm³/mol. The molecule has 0 amide bonds. The summed E-state index contributed by atoms with van der Waals surface area (Å²) in [6.45, 7) is 0. The van der Waals surface area contributed by atoms with E-state index in [1.165, 1.54) is 0 Å². The van der Waals surface area contributed by atoms with Gasteiger partial charge in [-0.3, -0.25) is 4.68 Å². The molecule has 0 atom stereocenters. The van der Waals surface area contributed by atoms with Crippen molar-refractivity contribution in [2.75, 3.05) is 7.11 Å². The number of aryl methyl sites for hydroxylation is 3. The number of nitrogens with zero attached hydrogens (tertiary/aromatic N) is 3. The van der Waals surface area contributed by atoms with Crippen molar-refractivity contribution in [3.63, 3.8) is 0 Å². The van der Waals surface area contributed by atoms with Crippen molar-refractivity contribution in [2.45, 2.75) is 12.8 Å². The second-order valence-electron chi connectivity index (χ2n) is 3.98. The number of halogens is 2. The molecule has 6 heteroatoms. The van der Waals surface area contributed by atoms with Gasteiger partial charge in [-0.2, -0.15) is 0 Å². The molecule has 0 saturated heterocycles. The topological polar surface area (TPSA) is 39.9 Å². The highest BCUT2D eigenvalue weighted by molar-refractivity contribution is 6.37. The van der Waals surface area contributed by atoms with Crippen molar-refractivity contribution in [3.05, 3.63) is 39.6 Å². The van der Waals surface area contributed by atoms with E-state index in [9.17, 15) is 0 Å². The van der Waals surface area contributed by atoms with Gasteiger partial charge in [0.25, 0.3) is 0 Å². The van der Waals surface area contributed by atoms with Crippen molar-refractivity contribution >= 4 is 23.2 Å². The smallest absolute Gasteiger partial charge is 0.156 e. The summed E-state index contributed by atoms with van der Waals surface area (Å²) in [5, 5.41) is 8.97. The van der Waals surface area contributed by atoms with Gasteiger partial charge in [0.05, 0.1) is 22.8 Å². The highest BCUT2D eigenvalue weighted by Crippen LogP contribution is 2.34. The molecular formula is C12H13Cl2N3O. The first-order valence-electron chi connectivity index (χ1n) is 5.47. The van der Waals surface area contributed by atoms with Gasteiger partial charge < -0.3 is 4.74 Å². The summed E-state index contributed by atoms with van der Waals surface area (Å²) in [4.78, 5) is 0. The molecule has 1 aromatic carbocycles. The molecule has 0 aliphatic carbocycles. The molecule has 0 spiro atoms. The molecule has 0 unspecified atom stereocenters. The van der Waals surface area contributed by atoms with Crippen molar-refractivity contribution in [1.82, 2.24) is 15.0 Å². The van der Waals surface area contributed by atoms with Gasteiger partial charge in [0, 0.05) is 13.2 Å². The second-order valence-corrected chi connectivity index (χ2v) is 4.79. The van der Waals surface area contributed by atoms with E-state index in [0.717, 1.165) is 24.1 Å². The molecule has 96 valence electrons. The average molecular weight is 286 g/mol. The van der Waals surface area contributed by atoms with Crippen LogP contribution >= 0.6 is 23.2 Å². The van der Waals surface area contributed by atoms with E-state index in [1.54, 1.807) is 11.8 Å². The average Bonchev–Trinajstić information content (AvgIpc) is 2.72. The number of rotatable bonds is 4. The highest BCUT2D eigenvalue weighted by atomic mass is 35.5. The Morgan fingerprint density at radius 2 is 1.89 bits per heavy atom. The molecule has 0 radical (unpaired) electrons. The summed E-state index contributed by atoms with van der Waals surface area (Å²) < 4.78 is 6.79. The molecular weight excluding hydrogens is 273 g/mol. The van der Waals surface area contributed by atoms with Crippen LogP contribution < -0.4 is 4.74 Å². The van der Waals surface area contributed by atoms with Crippen LogP contribution in [0.2, 0.25) is 10.0 Å². The first-order chi connectivity index (χ1) is 8.60. The lowest BCUT2D eigenvalue weighted by molar-refractivity contribution is 0.415. The van der Waals surface area contributed by atoms with Crippen LogP contribution in [0.5, 0.6) is 5.75 Å². The second kappa shape index (κ2) is 5.59. The predicted octanol–water partition coefficient (Wildman–Crippen LogP) is 2.92. The Morgan fingerprint density at radius 3 is 2.39 bits per heavy atom. The zero-order valence-electron chi connectivity index (χ0n) is 10.2.